The van der Waals surface area contributed by atoms with Crippen LogP contribution in [0.4, 0.5) is 0 Å². The lowest BCUT2D eigenvalue weighted by Gasteiger charge is -2.09. The summed E-state index contributed by atoms with van der Waals surface area (Å²) in [6.07, 6.45) is 5.60. The van der Waals surface area contributed by atoms with Gasteiger partial charge in [-0.1, -0.05) is 48.2 Å². The Morgan fingerprint density at radius 3 is 2.45 bits per heavy atom. The molecule has 0 N–H and O–H groups in total. The SMILES string of the molecule is c1ccc(-n2c3cc(Sc4cccc(-n5cccn5)c4)ccc3c3ccc4oc5ccccc5c4c32)nc1. The number of furan rings is 1. The van der Waals surface area contributed by atoms with E-state index in [-0.39, 0.29) is 0 Å². The Hall–Kier alpha value is -4.81. The van der Waals surface area contributed by atoms with E-state index in [1.807, 2.05) is 47.4 Å². The van der Waals surface area contributed by atoms with Crippen molar-refractivity contribution in [3.8, 4) is 11.5 Å². The van der Waals surface area contributed by atoms with Gasteiger partial charge in [-0.25, -0.2) is 9.67 Å². The van der Waals surface area contributed by atoms with Gasteiger partial charge in [0.25, 0.3) is 0 Å². The van der Waals surface area contributed by atoms with Gasteiger partial charge in [0, 0.05) is 44.5 Å². The molecule has 4 aromatic carbocycles. The van der Waals surface area contributed by atoms with E-state index in [0.717, 1.165) is 54.3 Å². The largest absolute Gasteiger partial charge is 0.456 e. The van der Waals surface area contributed by atoms with Gasteiger partial charge in [-0.05, 0) is 66.7 Å². The van der Waals surface area contributed by atoms with Gasteiger partial charge < -0.3 is 4.42 Å². The molecule has 0 radical (unpaired) electrons. The Kier molecular flexibility index (Phi) is 4.69. The van der Waals surface area contributed by atoms with Crippen LogP contribution in [0, 0.1) is 0 Å². The van der Waals surface area contributed by atoms with Gasteiger partial charge in [0.2, 0.25) is 0 Å². The summed E-state index contributed by atoms with van der Waals surface area (Å²) in [4.78, 5) is 7.07. The standard InChI is InChI=1S/C32H20N4OS/c1-2-10-28-26(9-1)31-29(37-28)15-14-25-24-13-12-23(20-27(24)36(32(25)31)30-11-3-4-16-33-30)38-22-8-5-7-21(19-22)35-18-6-17-34-35/h1-20H. The first kappa shape index (κ1) is 21.3. The monoisotopic (exact) mass is 508 g/mol. The van der Waals surface area contributed by atoms with Crippen molar-refractivity contribution in [2.75, 3.05) is 0 Å². The normalized spacial score (nSPS) is 11.8. The highest BCUT2D eigenvalue weighted by Gasteiger charge is 2.19. The third-order valence-corrected chi connectivity index (χ3v) is 7.92. The van der Waals surface area contributed by atoms with E-state index in [1.54, 1.807) is 18.0 Å². The van der Waals surface area contributed by atoms with Crippen molar-refractivity contribution < 1.29 is 4.42 Å². The molecule has 0 aliphatic carbocycles. The van der Waals surface area contributed by atoms with Gasteiger partial charge in [0.1, 0.15) is 17.0 Å². The molecule has 38 heavy (non-hydrogen) atoms. The van der Waals surface area contributed by atoms with Crippen molar-refractivity contribution in [2.45, 2.75) is 9.79 Å². The maximum atomic E-state index is 6.25. The van der Waals surface area contributed by atoms with Crippen molar-refractivity contribution in [1.29, 1.82) is 0 Å². The molecule has 0 fully saturated rings. The molecule has 5 nitrogen and oxygen atoms in total. The summed E-state index contributed by atoms with van der Waals surface area (Å²) < 4.78 is 10.4. The molecule has 8 aromatic rings. The summed E-state index contributed by atoms with van der Waals surface area (Å²) >= 11 is 1.74. The number of nitrogens with zero attached hydrogens (tertiary/aromatic N) is 4. The highest BCUT2D eigenvalue weighted by Crippen LogP contribution is 2.42. The van der Waals surface area contributed by atoms with Crippen LogP contribution in [0.2, 0.25) is 0 Å². The van der Waals surface area contributed by atoms with E-state index in [0.29, 0.717) is 0 Å². The van der Waals surface area contributed by atoms with Crippen LogP contribution in [-0.2, 0) is 0 Å². The van der Waals surface area contributed by atoms with Crippen LogP contribution in [0.3, 0.4) is 0 Å². The first-order valence-electron chi connectivity index (χ1n) is 12.4. The highest BCUT2D eigenvalue weighted by molar-refractivity contribution is 7.99. The highest BCUT2D eigenvalue weighted by atomic mass is 32.2. The summed E-state index contributed by atoms with van der Waals surface area (Å²) in [5, 5.41) is 8.97. The molecule has 4 heterocycles. The van der Waals surface area contributed by atoms with Crippen molar-refractivity contribution in [2.24, 2.45) is 0 Å². The van der Waals surface area contributed by atoms with E-state index in [1.165, 1.54) is 10.8 Å². The summed E-state index contributed by atoms with van der Waals surface area (Å²) in [5.41, 5.74) is 5.04. The number of hydrogen-bond donors (Lipinski definition) is 0. The smallest absolute Gasteiger partial charge is 0.137 e. The Balaban J connectivity index is 1.37. The zero-order valence-corrected chi connectivity index (χ0v) is 21.0. The lowest BCUT2D eigenvalue weighted by Crippen LogP contribution is -1.97. The van der Waals surface area contributed by atoms with Crippen molar-refractivity contribution in [3.63, 3.8) is 0 Å². The quantitative estimate of drug-likeness (QED) is 0.239. The second kappa shape index (κ2) is 8.36. The lowest BCUT2D eigenvalue weighted by atomic mass is 10.1. The summed E-state index contributed by atoms with van der Waals surface area (Å²) in [6, 6.07) is 35.6. The molecule has 4 aromatic heterocycles. The zero-order chi connectivity index (χ0) is 25.1. The number of para-hydroxylation sites is 1. The number of pyridine rings is 1. The second-order valence-electron chi connectivity index (χ2n) is 9.19. The van der Waals surface area contributed by atoms with Gasteiger partial charge in [-0.2, -0.15) is 5.10 Å². The molecule has 0 atom stereocenters. The van der Waals surface area contributed by atoms with Crippen LogP contribution >= 0.6 is 11.8 Å². The fourth-order valence-corrected chi connectivity index (χ4v) is 6.23. The maximum Gasteiger partial charge on any atom is 0.137 e. The van der Waals surface area contributed by atoms with Gasteiger partial charge in [-0.3, -0.25) is 4.57 Å². The Labute approximate surface area is 221 Å². The Morgan fingerprint density at radius 2 is 1.55 bits per heavy atom. The fraction of sp³-hybridized carbons (Fsp3) is 0. The topological polar surface area (TPSA) is 48.8 Å². The predicted molar refractivity (Wildman–Crippen MR) is 154 cm³/mol. The molecule has 0 saturated heterocycles. The van der Waals surface area contributed by atoms with Gasteiger partial charge >= 0.3 is 0 Å². The van der Waals surface area contributed by atoms with Crippen LogP contribution < -0.4 is 0 Å². The molecular formula is C32H20N4OS. The molecule has 6 heteroatoms. The number of rotatable bonds is 4. The summed E-state index contributed by atoms with van der Waals surface area (Å²) in [6.45, 7) is 0. The van der Waals surface area contributed by atoms with E-state index in [9.17, 15) is 0 Å². The Morgan fingerprint density at radius 1 is 0.658 bits per heavy atom. The number of aromatic nitrogens is 4. The van der Waals surface area contributed by atoms with Gasteiger partial charge in [-0.15, -0.1) is 0 Å². The molecule has 0 spiro atoms. The number of hydrogen-bond acceptors (Lipinski definition) is 4. The molecule has 0 amide bonds. The predicted octanol–water partition coefficient (Wildman–Crippen LogP) is 8.42. The molecule has 0 bridgehead atoms. The summed E-state index contributed by atoms with van der Waals surface area (Å²) in [7, 11) is 0. The van der Waals surface area contributed by atoms with E-state index < -0.39 is 0 Å². The molecule has 0 aliphatic heterocycles. The average Bonchev–Trinajstić information content (AvgIpc) is 3.69. The molecule has 0 aliphatic rings. The Bertz CT molecular complexity index is 2110. The van der Waals surface area contributed by atoms with Crippen molar-refractivity contribution in [3.05, 3.63) is 122 Å². The minimum atomic E-state index is 0.878. The lowest BCUT2D eigenvalue weighted by molar-refractivity contribution is 0.669. The third kappa shape index (κ3) is 3.27. The van der Waals surface area contributed by atoms with Crippen LogP contribution in [0.15, 0.2) is 136 Å². The number of benzene rings is 4. The molecule has 0 saturated carbocycles. The van der Waals surface area contributed by atoms with Crippen molar-refractivity contribution in [1.82, 2.24) is 19.3 Å². The van der Waals surface area contributed by atoms with E-state index in [4.69, 9.17) is 9.40 Å². The van der Waals surface area contributed by atoms with E-state index >= 15 is 0 Å². The van der Waals surface area contributed by atoms with Crippen LogP contribution in [-0.4, -0.2) is 19.3 Å². The van der Waals surface area contributed by atoms with Crippen LogP contribution in [0.5, 0.6) is 0 Å². The molecule has 0 unspecified atom stereocenters. The number of fused-ring (bicyclic) bond motifs is 7. The van der Waals surface area contributed by atoms with E-state index in [2.05, 4.69) is 82.5 Å². The first-order valence-corrected chi connectivity index (χ1v) is 13.2. The van der Waals surface area contributed by atoms with Gasteiger partial charge in [0.05, 0.1) is 22.1 Å². The maximum absolute atomic E-state index is 6.25. The van der Waals surface area contributed by atoms with Crippen molar-refractivity contribution >= 4 is 55.5 Å². The average molecular weight is 509 g/mol. The second-order valence-corrected chi connectivity index (χ2v) is 10.3. The molecule has 8 rings (SSSR count). The minimum absolute atomic E-state index is 0.878. The molecule has 180 valence electrons. The van der Waals surface area contributed by atoms with Crippen LogP contribution in [0.25, 0.3) is 55.2 Å². The van der Waals surface area contributed by atoms with Crippen LogP contribution in [0.1, 0.15) is 0 Å². The van der Waals surface area contributed by atoms with Gasteiger partial charge in [0.15, 0.2) is 0 Å². The first-order chi connectivity index (χ1) is 18.8. The fourth-order valence-electron chi connectivity index (χ4n) is 5.33. The zero-order valence-electron chi connectivity index (χ0n) is 20.2. The third-order valence-electron chi connectivity index (χ3n) is 6.94. The minimum Gasteiger partial charge on any atom is -0.456 e. The molecular weight excluding hydrogens is 488 g/mol. The summed E-state index contributed by atoms with van der Waals surface area (Å²) in [5.74, 6) is 0.883.